The summed E-state index contributed by atoms with van der Waals surface area (Å²) >= 11 is 1.49. The number of non-ortho nitro benzene ring substituents is 1. The molecular weight excluding hydrogens is 370 g/mol. The van der Waals surface area contributed by atoms with Gasteiger partial charge in [0.1, 0.15) is 6.54 Å². The number of carbonyl (C=O) groups excluding carboxylic acids is 3. The fourth-order valence-electron chi connectivity index (χ4n) is 2.77. The minimum absolute atomic E-state index is 0.0597. The van der Waals surface area contributed by atoms with Crippen molar-refractivity contribution in [3.05, 3.63) is 74.5 Å². The van der Waals surface area contributed by atoms with E-state index in [9.17, 15) is 24.5 Å². The lowest BCUT2D eigenvalue weighted by Crippen LogP contribution is -2.42. The zero-order chi connectivity index (χ0) is 19.6. The summed E-state index contributed by atoms with van der Waals surface area (Å²) < 4.78 is 0. The van der Waals surface area contributed by atoms with Crippen molar-refractivity contribution in [1.82, 2.24) is 9.80 Å². The van der Waals surface area contributed by atoms with Crippen LogP contribution in [0.1, 0.15) is 25.6 Å². The van der Waals surface area contributed by atoms with Crippen LogP contribution in [0.15, 0.2) is 48.4 Å². The molecule has 8 nitrogen and oxygen atoms in total. The summed E-state index contributed by atoms with van der Waals surface area (Å²) in [5, 5.41) is 12.8. The molecule has 0 unspecified atom stereocenters. The van der Waals surface area contributed by atoms with Crippen molar-refractivity contribution in [2.75, 3.05) is 13.1 Å². The van der Waals surface area contributed by atoms with Gasteiger partial charge < -0.3 is 4.90 Å². The molecule has 1 aliphatic heterocycles. The Morgan fingerprint density at radius 2 is 2.00 bits per heavy atom. The molecule has 1 aromatic carbocycles. The number of hydrogen-bond acceptors (Lipinski definition) is 6. The predicted octanol–water partition coefficient (Wildman–Crippen LogP) is 2.47. The molecule has 0 N–H and O–H groups in total. The highest BCUT2D eigenvalue weighted by Crippen LogP contribution is 2.27. The Hall–Kier alpha value is -3.33. The first kappa shape index (κ1) is 18.5. The Balaban J connectivity index is 1.78. The number of hydrogen-bond donors (Lipinski definition) is 0. The Morgan fingerprint density at radius 1 is 1.26 bits per heavy atom. The Bertz CT molecular complexity index is 938. The Kier molecular flexibility index (Phi) is 5.13. The fraction of sp³-hybridized carbons (Fsp3) is 0.167. The first-order valence-corrected chi connectivity index (χ1v) is 8.86. The topological polar surface area (TPSA) is 101 Å². The van der Waals surface area contributed by atoms with Crippen molar-refractivity contribution >= 4 is 34.7 Å². The van der Waals surface area contributed by atoms with Crippen LogP contribution in [0.5, 0.6) is 0 Å². The van der Waals surface area contributed by atoms with Crippen LogP contribution in [-0.4, -0.2) is 45.5 Å². The van der Waals surface area contributed by atoms with Crippen molar-refractivity contribution in [1.29, 1.82) is 0 Å². The van der Waals surface area contributed by atoms with Gasteiger partial charge in [-0.15, -0.1) is 17.9 Å². The lowest BCUT2D eigenvalue weighted by atomic mass is 10.1. The summed E-state index contributed by atoms with van der Waals surface area (Å²) in [5.74, 6) is -1.75. The van der Waals surface area contributed by atoms with E-state index < -0.39 is 29.2 Å². The van der Waals surface area contributed by atoms with Gasteiger partial charge in [0.2, 0.25) is 5.91 Å². The minimum Gasteiger partial charge on any atom is -0.332 e. The molecule has 2 aromatic rings. The zero-order valence-electron chi connectivity index (χ0n) is 14.2. The molecule has 3 amide bonds. The quantitative estimate of drug-likeness (QED) is 0.315. The molecule has 0 fully saturated rings. The third-order valence-corrected chi connectivity index (χ3v) is 4.95. The minimum atomic E-state index is -0.707. The highest BCUT2D eigenvalue weighted by molar-refractivity contribution is 7.09. The molecule has 1 aliphatic rings. The molecule has 138 valence electrons. The van der Waals surface area contributed by atoms with Gasteiger partial charge in [0.25, 0.3) is 17.5 Å². The molecule has 0 radical (unpaired) electrons. The van der Waals surface area contributed by atoms with Gasteiger partial charge in [0.15, 0.2) is 0 Å². The molecule has 0 bridgehead atoms. The maximum atomic E-state index is 12.7. The number of carbonyl (C=O) groups is 3. The Morgan fingerprint density at radius 3 is 2.63 bits per heavy atom. The van der Waals surface area contributed by atoms with Crippen LogP contribution < -0.4 is 0 Å². The number of nitro benzene ring substituents is 1. The second-order valence-electron chi connectivity index (χ2n) is 5.83. The monoisotopic (exact) mass is 385 g/mol. The third kappa shape index (κ3) is 3.63. The predicted molar refractivity (Wildman–Crippen MR) is 98.4 cm³/mol. The zero-order valence-corrected chi connectivity index (χ0v) is 15.0. The van der Waals surface area contributed by atoms with Crippen LogP contribution in [0, 0.1) is 10.1 Å². The van der Waals surface area contributed by atoms with Gasteiger partial charge in [-0.3, -0.25) is 29.4 Å². The summed E-state index contributed by atoms with van der Waals surface area (Å²) in [7, 11) is 0. The summed E-state index contributed by atoms with van der Waals surface area (Å²) in [6.07, 6.45) is 1.57. The van der Waals surface area contributed by atoms with Gasteiger partial charge in [0, 0.05) is 23.6 Å². The molecule has 9 heteroatoms. The van der Waals surface area contributed by atoms with E-state index in [-0.39, 0.29) is 23.4 Å². The van der Waals surface area contributed by atoms with E-state index in [1.165, 1.54) is 22.3 Å². The summed E-state index contributed by atoms with van der Waals surface area (Å²) in [6.45, 7) is 3.81. The highest BCUT2D eigenvalue weighted by Gasteiger charge is 2.38. The molecular formula is C18H15N3O5S. The van der Waals surface area contributed by atoms with E-state index in [1.807, 2.05) is 17.5 Å². The standard InChI is InChI=1S/C18H15N3O5S/c1-2-7-19(10-13-4-3-8-27-13)16(22)11-20-17(23)14-6-5-12(21(25)26)9-15(14)18(20)24/h2-6,8-9H,1,7,10-11H2. The molecule has 1 aromatic heterocycles. The van der Waals surface area contributed by atoms with Crippen LogP contribution in [0.3, 0.4) is 0 Å². The van der Waals surface area contributed by atoms with E-state index >= 15 is 0 Å². The average Bonchev–Trinajstić information content (AvgIpc) is 3.24. The SMILES string of the molecule is C=CCN(Cc1cccs1)C(=O)CN1C(=O)c2ccc([N+](=O)[O-])cc2C1=O. The van der Waals surface area contributed by atoms with Crippen molar-refractivity contribution < 1.29 is 19.3 Å². The largest absolute Gasteiger partial charge is 0.332 e. The van der Waals surface area contributed by atoms with Crippen molar-refractivity contribution in [3.8, 4) is 0 Å². The van der Waals surface area contributed by atoms with Crippen LogP contribution in [0.2, 0.25) is 0 Å². The molecule has 2 heterocycles. The molecule has 0 saturated heterocycles. The van der Waals surface area contributed by atoms with Gasteiger partial charge in [-0.1, -0.05) is 12.1 Å². The molecule has 0 atom stereocenters. The maximum Gasteiger partial charge on any atom is 0.270 e. The van der Waals surface area contributed by atoms with Gasteiger partial charge in [-0.2, -0.15) is 0 Å². The number of imide groups is 1. The molecule has 0 aliphatic carbocycles. The van der Waals surface area contributed by atoms with E-state index in [2.05, 4.69) is 6.58 Å². The number of rotatable bonds is 7. The number of benzene rings is 1. The van der Waals surface area contributed by atoms with Crippen molar-refractivity contribution in [3.63, 3.8) is 0 Å². The number of amides is 3. The fourth-order valence-corrected chi connectivity index (χ4v) is 3.49. The van der Waals surface area contributed by atoms with Crippen LogP contribution in [0.4, 0.5) is 5.69 Å². The second-order valence-corrected chi connectivity index (χ2v) is 6.86. The average molecular weight is 385 g/mol. The van der Waals surface area contributed by atoms with Crippen molar-refractivity contribution in [2.45, 2.75) is 6.54 Å². The smallest absolute Gasteiger partial charge is 0.270 e. The van der Waals surface area contributed by atoms with Crippen molar-refractivity contribution in [2.24, 2.45) is 0 Å². The molecule has 0 spiro atoms. The van der Waals surface area contributed by atoms with Gasteiger partial charge >= 0.3 is 0 Å². The van der Waals surface area contributed by atoms with E-state index in [0.717, 1.165) is 21.9 Å². The maximum absolute atomic E-state index is 12.7. The second kappa shape index (κ2) is 7.50. The summed E-state index contributed by atoms with van der Waals surface area (Å²) in [6, 6.07) is 7.22. The van der Waals surface area contributed by atoms with E-state index in [0.29, 0.717) is 6.54 Å². The van der Waals surface area contributed by atoms with Gasteiger partial charge in [-0.25, -0.2) is 0 Å². The van der Waals surface area contributed by atoms with E-state index in [1.54, 1.807) is 6.08 Å². The first-order valence-electron chi connectivity index (χ1n) is 7.98. The normalized spacial score (nSPS) is 12.8. The number of nitrogens with zero attached hydrogens (tertiary/aromatic N) is 3. The van der Waals surface area contributed by atoms with Crippen LogP contribution in [-0.2, 0) is 11.3 Å². The van der Waals surface area contributed by atoms with Gasteiger partial charge in [0.05, 0.1) is 22.6 Å². The lowest BCUT2D eigenvalue weighted by Gasteiger charge is -2.23. The molecule has 3 rings (SSSR count). The highest BCUT2D eigenvalue weighted by atomic mass is 32.1. The summed E-state index contributed by atoms with van der Waals surface area (Å²) in [4.78, 5) is 51.2. The number of fused-ring (bicyclic) bond motifs is 1. The number of nitro groups is 1. The van der Waals surface area contributed by atoms with E-state index in [4.69, 9.17) is 0 Å². The van der Waals surface area contributed by atoms with Crippen LogP contribution in [0.25, 0.3) is 0 Å². The number of thiophene rings is 1. The first-order chi connectivity index (χ1) is 12.9. The molecule has 0 saturated carbocycles. The summed E-state index contributed by atoms with van der Waals surface area (Å²) in [5.41, 5.74) is -0.281. The van der Waals surface area contributed by atoms with Crippen LogP contribution >= 0.6 is 11.3 Å². The van der Waals surface area contributed by atoms with Gasteiger partial charge in [-0.05, 0) is 17.5 Å². The Labute approximate surface area is 158 Å². The molecule has 27 heavy (non-hydrogen) atoms. The lowest BCUT2D eigenvalue weighted by molar-refractivity contribution is -0.384. The third-order valence-electron chi connectivity index (χ3n) is 4.09.